The topological polar surface area (TPSA) is 47.6 Å². The summed E-state index contributed by atoms with van der Waals surface area (Å²) in [6, 6.07) is 13.1. The molecule has 126 valence electrons. The molecule has 2 aromatic rings. The zero-order valence-corrected chi connectivity index (χ0v) is 14.2. The highest BCUT2D eigenvalue weighted by Gasteiger charge is 2.16. The van der Waals surface area contributed by atoms with Gasteiger partial charge in [-0.05, 0) is 74.2 Å². The van der Waals surface area contributed by atoms with Crippen molar-refractivity contribution in [3.63, 3.8) is 0 Å². The lowest BCUT2D eigenvalue weighted by Crippen LogP contribution is -2.16. The van der Waals surface area contributed by atoms with Crippen molar-refractivity contribution >= 4 is 11.6 Å². The molecule has 1 atom stereocenters. The molecule has 0 spiro atoms. The molecular weight excluding hydrogens is 302 g/mol. The zero-order valence-electron chi connectivity index (χ0n) is 14.2. The first-order valence-electron chi connectivity index (χ1n) is 8.35. The molecule has 0 saturated carbocycles. The second-order valence-electron chi connectivity index (χ2n) is 6.22. The summed E-state index contributed by atoms with van der Waals surface area (Å²) in [5.41, 5.74) is 3.78. The molecule has 4 nitrogen and oxygen atoms in total. The Kier molecular flexibility index (Phi) is 5.16. The molecule has 1 saturated heterocycles. The summed E-state index contributed by atoms with van der Waals surface area (Å²) < 4.78 is 11.2. The highest BCUT2D eigenvalue weighted by Crippen LogP contribution is 2.18. The predicted molar refractivity (Wildman–Crippen MR) is 94.8 cm³/mol. The minimum atomic E-state index is -0.121. The van der Waals surface area contributed by atoms with Gasteiger partial charge >= 0.3 is 0 Å². The molecule has 1 aliphatic heterocycles. The van der Waals surface area contributed by atoms with E-state index in [9.17, 15) is 4.79 Å². The van der Waals surface area contributed by atoms with Crippen molar-refractivity contribution in [1.82, 2.24) is 0 Å². The summed E-state index contributed by atoms with van der Waals surface area (Å²) in [6.07, 6.45) is 2.35. The lowest BCUT2D eigenvalue weighted by Gasteiger charge is -2.12. The Morgan fingerprint density at radius 1 is 1.17 bits per heavy atom. The van der Waals surface area contributed by atoms with Gasteiger partial charge in [0.2, 0.25) is 0 Å². The van der Waals surface area contributed by atoms with Crippen LogP contribution in [0.15, 0.2) is 42.5 Å². The van der Waals surface area contributed by atoms with E-state index in [1.807, 2.05) is 37.3 Å². The fourth-order valence-electron chi connectivity index (χ4n) is 2.69. The molecule has 0 radical (unpaired) electrons. The van der Waals surface area contributed by atoms with E-state index in [-0.39, 0.29) is 12.0 Å². The van der Waals surface area contributed by atoms with E-state index in [1.54, 1.807) is 12.1 Å². The highest BCUT2D eigenvalue weighted by atomic mass is 16.5. The number of aryl methyl sites for hydroxylation is 2. The fraction of sp³-hybridized carbons (Fsp3) is 0.350. The van der Waals surface area contributed by atoms with Crippen molar-refractivity contribution in [2.45, 2.75) is 32.8 Å². The van der Waals surface area contributed by atoms with Crippen LogP contribution in [0.1, 0.15) is 34.3 Å². The van der Waals surface area contributed by atoms with Crippen LogP contribution in [-0.4, -0.2) is 25.2 Å². The standard InChI is InChI=1S/C20H23NO3/c1-14-5-8-17(12-15(14)2)21-20(22)16-6-9-18(10-7-16)24-13-19-4-3-11-23-19/h5-10,12,19H,3-4,11,13H2,1-2H3,(H,21,22). The number of carbonyl (C=O) groups is 1. The van der Waals surface area contributed by atoms with Gasteiger partial charge in [0.25, 0.3) is 5.91 Å². The molecule has 0 aliphatic carbocycles. The van der Waals surface area contributed by atoms with Crippen LogP contribution >= 0.6 is 0 Å². The van der Waals surface area contributed by atoms with Gasteiger partial charge in [-0.25, -0.2) is 0 Å². The predicted octanol–water partition coefficient (Wildman–Crippen LogP) is 4.11. The monoisotopic (exact) mass is 325 g/mol. The molecule has 3 rings (SSSR count). The lowest BCUT2D eigenvalue weighted by molar-refractivity contribution is 0.0679. The van der Waals surface area contributed by atoms with Gasteiger partial charge in [-0.2, -0.15) is 0 Å². The number of nitrogens with one attached hydrogen (secondary N) is 1. The maximum atomic E-state index is 12.3. The van der Waals surface area contributed by atoms with Crippen LogP contribution in [0, 0.1) is 13.8 Å². The Labute approximate surface area is 142 Å². The van der Waals surface area contributed by atoms with E-state index in [4.69, 9.17) is 9.47 Å². The van der Waals surface area contributed by atoms with Crippen LogP contribution < -0.4 is 10.1 Å². The van der Waals surface area contributed by atoms with E-state index in [0.29, 0.717) is 12.2 Å². The van der Waals surface area contributed by atoms with Crippen LogP contribution in [0.5, 0.6) is 5.75 Å². The fourth-order valence-corrected chi connectivity index (χ4v) is 2.69. The molecule has 4 heteroatoms. The molecule has 1 aliphatic rings. The van der Waals surface area contributed by atoms with Crippen LogP contribution in [0.2, 0.25) is 0 Å². The number of hydrogen-bond acceptors (Lipinski definition) is 3. The summed E-state index contributed by atoms with van der Waals surface area (Å²) in [6.45, 7) is 5.47. The van der Waals surface area contributed by atoms with Crippen LogP contribution in [0.3, 0.4) is 0 Å². The first-order valence-corrected chi connectivity index (χ1v) is 8.35. The average molecular weight is 325 g/mol. The van der Waals surface area contributed by atoms with Crippen molar-refractivity contribution in [2.75, 3.05) is 18.5 Å². The van der Waals surface area contributed by atoms with Gasteiger partial charge in [-0.3, -0.25) is 4.79 Å². The quantitative estimate of drug-likeness (QED) is 0.900. The minimum Gasteiger partial charge on any atom is -0.491 e. The van der Waals surface area contributed by atoms with E-state index in [1.165, 1.54) is 5.56 Å². The normalized spacial score (nSPS) is 16.8. The summed E-state index contributed by atoms with van der Waals surface area (Å²) in [5, 5.41) is 2.92. The van der Waals surface area contributed by atoms with Crippen molar-refractivity contribution in [1.29, 1.82) is 0 Å². The molecule has 1 heterocycles. The van der Waals surface area contributed by atoms with Crippen molar-refractivity contribution in [2.24, 2.45) is 0 Å². The first kappa shape index (κ1) is 16.5. The number of hydrogen-bond donors (Lipinski definition) is 1. The van der Waals surface area contributed by atoms with E-state index >= 15 is 0 Å². The third-order valence-corrected chi connectivity index (χ3v) is 4.34. The largest absolute Gasteiger partial charge is 0.491 e. The smallest absolute Gasteiger partial charge is 0.255 e. The molecule has 1 unspecified atom stereocenters. The first-order chi connectivity index (χ1) is 11.6. The van der Waals surface area contributed by atoms with Crippen molar-refractivity contribution in [3.8, 4) is 5.75 Å². The molecular formula is C20H23NO3. The van der Waals surface area contributed by atoms with Crippen molar-refractivity contribution < 1.29 is 14.3 Å². The van der Waals surface area contributed by atoms with Gasteiger partial charge in [0.05, 0.1) is 6.10 Å². The van der Waals surface area contributed by atoms with Crippen LogP contribution in [-0.2, 0) is 4.74 Å². The molecule has 0 aromatic heterocycles. The Morgan fingerprint density at radius 3 is 2.62 bits per heavy atom. The Morgan fingerprint density at radius 2 is 1.96 bits per heavy atom. The number of carbonyl (C=O) groups excluding carboxylic acids is 1. The number of rotatable bonds is 5. The maximum Gasteiger partial charge on any atom is 0.255 e. The number of amides is 1. The Balaban J connectivity index is 1.57. The van der Waals surface area contributed by atoms with Crippen LogP contribution in [0.4, 0.5) is 5.69 Å². The van der Waals surface area contributed by atoms with E-state index in [0.717, 1.165) is 36.4 Å². The summed E-state index contributed by atoms with van der Waals surface area (Å²) in [4.78, 5) is 12.3. The zero-order chi connectivity index (χ0) is 16.9. The van der Waals surface area contributed by atoms with E-state index in [2.05, 4.69) is 12.2 Å². The third kappa shape index (κ3) is 4.15. The summed E-state index contributed by atoms with van der Waals surface area (Å²) in [5.74, 6) is 0.636. The lowest BCUT2D eigenvalue weighted by atomic mass is 10.1. The maximum absolute atomic E-state index is 12.3. The summed E-state index contributed by atoms with van der Waals surface area (Å²) >= 11 is 0. The Bertz CT molecular complexity index is 703. The van der Waals surface area contributed by atoms with Gasteiger partial charge < -0.3 is 14.8 Å². The van der Waals surface area contributed by atoms with Gasteiger partial charge in [0, 0.05) is 17.9 Å². The van der Waals surface area contributed by atoms with Gasteiger partial charge in [-0.15, -0.1) is 0 Å². The number of benzene rings is 2. The number of anilines is 1. The van der Waals surface area contributed by atoms with Gasteiger partial charge in [0.1, 0.15) is 12.4 Å². The van der Waals surface area contributed by atoms with Crippen LogP contribution in [0.25, 0.3) is 0 Å². The third-order valence-electron chi connectivity index (χ3n) is 4.34. The van der Waals surface area contributed by atoms with Gasteiger partial charge in [-0.1, -0.05) is 6.07 Å². The Hall–Kier alpha value is -2.33. The minimum absolute atomic E-state index is 0.121. The average Bonchev–Trinajstić information content (AvgIpc) is 3.10. The van der Waals surface area contributed by atoms with Crippen molar-refractivity contribution in [3.05, 3.63) is 59.2 Å². The van der Waals surface area contributed by atoms with Gasteiger partial charge in [0.15, 0.2) is 0 Å². The SMILES string of the molecule is Cc1ccc(NC(=O)c2ccc(OCC3CCCO3)cc2)cc1C. The molecule has 24 heavy (non-hydrogen) atoms. The van der Waals surface area contributed by atoms with E-state index < -0.39 is 0 Å². The molecule has 2 aromatic carbocycles. The molecule has 1 N–H and O–H groups in total. The second-order valence-corrected chi connectivity index (χ2v) is 6.22. The second kappa shape index (κ2) is 7.49. The molecule has 0 bridgehead atoms. The number of ether oxygens (including phenoxy) is 2. The highest BCUT2D eigenvalue weighted by molar-refractivity contribution is 6.04. The molecule has 1 amide bonds. The molecule has 1 fully saturated rings. The summed E-state index contributed by atoms with van der Waals surface area (Å²) in [7, 11) is 0.